The Morgan fingerprint density at radius 2 is 1.75 bits per heavy atom. The van der Waals surface area contributed by atoms with Crippen molar-refractivity contribution in [3.8, 4) is 0 Å². The SMILES string of the molecule is C.CCNCC(=O)N1CCN(c2ccc(Cl)cc2Cl)[C@H](c2ccc(Cl)cc2)C1. The van der Waals surface area contributed by atoms with Gasteiger partial charge in [-0.3, -0.25) is 4.79 Å². The van der Waals surface area contributed by atoms with E-state index >= 15 is 0 Å². The van der Waals surface area contributed by atoms with Gasteiger partial charge < -0.3 is 15.1 Å². The topological polar surface area (TPSA) is 35.6 Å². The van der Waals surface area contributed by atoms with E-state index in [0.29, 0.717) is 41.2 Å². The molecule has 1 aliphatic heterocycles. The van der Waals surface area contributed by atoms with Gasteiger partial charge in [0.1, 0.15) is 0 Å². The Morgan fingerprint density at radius 1 is 1.07 bits per heavy atom. The summed E-state index contributed by atoms with van der Waals surface area (Å²) in [5.74, 6) is 0.109. The third-order valence-electron chi connectivity index (χ3n) is 4.73. The van der Waals surface area contributed by atoms with Gasteiger partial charge in [-0.2, -0.15) is 0 Å². The van der Waals surface area contributed by atoms with Crippen LogP contribution in [0.1, 0.15) is 26.0 Å². The maximum Gasteiger partial charge on any atom is 0.236 e. The zero-order valence-corrected chi connectivity index (χ0v) is 17.4. The quantitative estimate of drug-likeness (QED) is 0.684. The summed E-state index contributed by atoms with van der Waals surface area (Å²) in [6.07, 6.45) is 0. The minimum absolute atomic E-state index is 0. The first-order valence-electron chi connectivity index (χ1n) is 8.95. The first kappa shape index (κ1) is 22.8. The van der Waals surface area contributed by atoms with Crippen LogP contribution in [0.4, 0.5) is 5.69 Å². The molecule has 28 heavy (non-hydrogen) atoms. The second-order valence-corrected chi connectivity index (χ2v) is 7.76. The van der Waals surface area contributed by atoms with Crippen LogP contribution in [0.5, 0.6) is 0 Å². The number of hydrogen-bond donors (Lipinski definition) is 1. The van der Waals surface area contributed by atoms with E-state index < -0.39 is 0 Å². The summed E-state index contributed by atoms with van der Waals surface area (Å²) in [5.41, 5.74) is 2.01. The molecule has 0 radical (unpaired) electrons. The van der Waals surface area contributed by atoms with Crippen molar-refractivity contribution in [3.05, 3.63) is 63.1 Å². The van der Waals surface area contributed by atoms with Crippen molar-refractivity contribution in [3.63, 3.8) is 0 Å². The lowest BCUT2D eigenvalue weighted by molar-refractivity contribution is -0.131. The Bertz CT molecular complexity index is 798. The maximum absolute atomic E-state index is 12.5. The predicted octanol–water partition coefficient (Wildman–Crippen LogP) is 5.28. The minimum Gasteiger partial charge on any atom is -0.360 e. The molecule has 0 unspecified atom stereocenters. The summed E-state index contributed by atoms with van der Waals surface area (Å²) in [6.45, 7) is 5.03. The zero-order chi connectivity index (χ0) is 19.4. The van der Waals surface area contributed by atoms with Crippen molar-refractivity contribution in [1.29, 1.82) is 0 Å². The standard InChI is InChI=1S/C20H22Cl3N3O.CH4/c1-2-24-12-20(27)25-9-10-26(18-8-7-16(22)11-17(18)23)19(13-25)14-3-5-15(21)6-4-14;/h3-8,11,19,24H,2,9-10,12-13H2,1H3;1H4/t19-;/m0./s1. The molecule has 2 aromatic carbocycles. The van der Waals surface area contributed by atoms with E-state index in [1.165, 1.54) is 0 Å². The molecule has 1 aliphatic rings. The summed E-state index contributed by atoms with van der Waals surface area (Å²) < 4.78 is 0. The number of carbonyl (C=O) groups excluding carboxylic acids is 1. The third kappa shape index (κ3) is 5.32. The average Bonchev–Trinajstić information content (AvgIpc) is 2.66. The second-order valence-electron chi connectivity index (χ2n) is 6.48. The molecule has 0 aliphatic carbocycles. The summed E-state index contributed by atoms with van der Waals surface area (Å²) >= 11 is 18.6. The van der Waals surface area contributed by atoms with Gasteiger partial charge in [-0.25, -0.2) is 0 Å². The molecule has 1 amide bonds. The molecule has 0 spiro atoms. The highest BCUT2D eigenvalue weighted by atomic mass is 35.5. The molecule has 1 heterocycles. The fraction of sp³-hybridized carbons (Fsp3) is 0.381. The molecule has 0 bridgehead atoms. The van der Waals surface area contributed by atoms with Gasteiger partial charge >= 0.3 is 0 Å². The molecule has 7 heteroatoms. The molecule has 152 valence electrons. The summed E-state index contributed by atoms with van der Waals surface area (Å²) in [5, 5.41) is 5.00. The Labute approximate surface area is 182 Å². The average molecular weight is 443 g/mol. The van der Waals surface area contributed by atoms with Gasteiger partial charge in [-0.05, 0) is 42.4 Å². The van der Waals surface area contributed by atoms with Crippen LogP contribution in [0.15, 0.2) is 42.5 Å². The van der Waals surface area contributed by atoms with Crippen molar-refractivity contribution < 1.29 is 4.79 Å². The van der Waals surface area contributed by atoms with Crippen molar-refractivity contribution in [2.45, 2.75) is 20.4 Å². The highest BCUT2D eigenvalue weighted by Crippen LogP contribution is 2.36. The van der Waals surface area contributed by atoms with Gasteiger partial charge in [-0.1, -0.05) is 61.3 Å². The van der Waals surface area contributed by atoms with E-state index in [-0.39, 0.29) is 19.4 Å². The zero-order valence-electron chi connectivity index (χ0n) is 15.1. The van der Waals surface area contributed by atoms with Gasteiger partial charge in [0.2, 0.25) is 5.91 Å². The van der Waals surface area contributed by atoms with Gasteiger partial charge in [0.15, 0.2) is 0 Å². The third-order valence-corrected chi connectivity index (χ3v) is 5.52. The lowest BCUT2D eigenvalue weighted by Crippen LogP contribution is -2.52. The summed E-state index contributed by atoms with van der Waals surface area (Å²) in [7, 11) is 0. The second kappa shape index (κ2) is 10.4. The van der Waals surface area contributed by atoms with E-state index in [1.807, 2.05) is 48.2 Å². The first-order valence-corrected chi connectivity index (χ1v) is 10.1. The van der Waals surface area contributed by atoms with Crippen molar-refractivity contribution in [2.75, 3.05) is 37.6 Å². The van der Waals surface area contributed by atoms with E-state index in [0.717, 1.165) is 17.8 Å². The van der Waals surface area contributed by atoms with E-state index in [4.69, 9.17) is 34.8 Å². The summed E-state index contributed by atoms with van der Waals surface area (Å²) in [4.78, 5) is 16.7. The highest BCUT2D eigenvalue weighted by Gasteiger charge is 2.31. The van der Waals surface area contributed by atoms with Crippen molar-refractivity contribution >= 4 is 46.4 Å². The number of anilines is 1. The van der Waals surface area contributed by atoms with Gasteiger partial charge in [0, 0.05) is 29.7 Å². The molecule has 3 rings (SSSR count). The number of halogens is 3. The fourth-order valence-corrected chi connectivity index (χ4v) is 3.97. The molecule has 4 nitrogen and oxygen atoms in total. The number of piperazine rings is 1. The molecule has 1 N–H and O–H groups in total. The summed E-state index contributed by atoms with van der Waals surface area (Å²) in [6, 6.07) is 13.3. The molecule has 2 aromatic rings. The Balaban J connectivity index is 0.00000280. The van der Waals surface area contributed by atoms with Gasteiger partial charge in [0.05, 0.1) is 23.3 Å². The fourth-order valence-electron chi connectivity index (χ4n) is 3.33. The van der Waals surface area contributed by atoms with Crippen LogP contribution in [0.2, 0.25) is 15.1 Å². The number of amides is 1. The molecule has 1 fully saturated rings. The van der Waals surface area contributed by atoms with E-state index in [2.05, 4.69) is 10.2 Å². The van der Waals surface area contributed by atoms with Crippen LogP contribution < -0.4 is 10.2 Å². The highest BCUT2D eigenvalue weighted by molar-refractivity contribution is 6.36. The van der Waals surface area contributed by atoms with Crippen molar-refractivity contribution in [1.82, 2.24) is 10.2 Å². The van der Waals surface area contributed by atoms with Gasteiger partial charge in [0.25, 0.3) is 0 Å². The molecule has 1 atom stereocenters. The lowest BCUT2D eigenvalue weighted by Gasteiger charge is -2.43. The number of hydrogen-bond acceptors (Lipinski definition) is 3. The molecular weight excluding hydrogens is 417 g/mol. The van der Waals surface area contributed by atoms with Crippen LogP contribution in [-0.4, -0.2) is 43.5 Å². The van der Waals surface area contributed by atoms with Crippen molar-refractivity contribution in [2.24, 2.45) is 0 Å². The molecule has 0 aromatic heterocycles. The smallest absolute Gasteiger partial charge is 0.236 e. The number of carbonyl (C=O) groups is 1. The number of nitrogens with zero attached hydrogens (tertiary/aromatic N) is 2. The lowest BCUT2D eigenvalue weighted by atomic mass is 10.0. The van der Waals surface area contributed by atoms with Crippen LogP contribution in [0.25, 0.3) is 0 Å². The van der Waals surface area contributed by atoms with Crippen LogP contribution in [-0.2, 0) is 4.79 Å². The number of likely N-dealkylation sites (N-methyl/N-ethyl adjacent to an activating group) is 1. The Kier molecular flexibility index (Phi) is 8.44. The minimum atomic E-state index is -0.0136. The monoisotopic (exact) mass is 441 g/mol. The number of rotatable bonds is 5. The molecule has 0 saturated carbocycles. The van der Waals surface area contributed by atoms with Crippen LogP contribution in [0.3, 0.4) is 0 Å². The molecular formula is C21H26Cl3N3O. The number of nitrogens with one attached hydrogen (secondary N) is 1. The van der Waals surface area contributed by atoms with E-state index in [1.54, 1.807) is 6.07 Å². The van der Waals surface area contributed by atoms with Crippen LogP contribution >= 0.6 is 34.8 Å². The number of benzene rings is 2. The first-order chi connectivity index (χ1) is 13.0. The van der Waals surface area contributed by atoms with Crippen LogP contribution in [0, 0.1) is 0 Å². The Morgan fingerprint density at radius 3 is 2.39 bits per heavy atom. The normalized spacial score (nSPS) is 16.6. The Hall–Kier alpha value is -1.46. The van der Waals surface area contributed by atoms with Gasteiger partial charge in [-0.15, -0.1) is 0 Å². The predicted molar refractivity (Wildman–Crippen MR) is 120 cm³/mol. The largest absolute Gasteiger partial charge is 0.360 e. The maximum atomic E-state index is 12.5. The van der Waals surface area contributed by atoms with E-state index in [9.17, 15) is 4.79 Å². The molecule has 1 saturated heterocycles.